The van der Waals surface area contributed by atoms with Gasteiger partial charge < -0.3 is 15.2 Å². The van der Waals surface area contributed by atoms with Crippen molar-refractivity contribution in [2.45, 2.75) is 26.3 Å². The van der Waals surface area contributed by atoms with Crippen molar-refractivity contribution >= 4 is 5.91 Å². The van der Waals surface area contributed by atoms with Crippen molar-refractivity contribution in [3.63, 3.8) is 0 Å². The molecule has 2 aromatic rings. The van der Waals surface area contributed by atoms with Crippen molar-refractivity contribution in [3.05, 3.63) is 65.2 Å². The second kappa shape index (κ2) is 8.34. The van der Waals surface area contributed by atoms with Crippen LogP contribution in [0.15, 0.2) is 48.5 Å². The van der Waals surface area contributed by atoms with Crippen LogP contribution in [0.1, 0.15) is 29.2 Å². The lowest BCUT2D eigenvalue weighted by atomic mass is 10.0. The average Bonchev–Trinajstić information content (AvgIpc) is 2.56. The number of aryl methyl sites for hydroxylation is 2. The number of hydrogen-bond donors (Lipinski definition) is 2. The minimum Gasteiger partial charge on any atom is -0.483 e. The summed E-state index contributed by atoms with van der Waals surface area (Å²) < 4.78 is 5.62. The maximum absolute atomic E-state index is 12.2. The Kier molecular flexibility index (Phi) is 6.18. The molecule has 0 spiro atoms. The standard InChI is InChI=1S/C19H23NO3/c1-14-8-9-15(2)18(12-14)23-13-19(22)20-17(10-11-21)16-6-4-3-5-7-16/h3-9,12,17,21H,10-11,13H2,1-2H3,(H,20,22). The molecule has 0 heterocycles. The highest BCUT2D eigenvalue weighted by Crippen LogP contribution is 2.19. The molecule has 0 saturated carbocycles. The van der Waals surface area contributed by atoms with Gasteiger partial charge in [-0.25, -0.2) is 0 Å². The fraction of sp³-hybridized carbons (Fsp3) is 0.316. The third-order valence-electron chi connectivity index (χ3n) is 3.66. The predicted molar refractivity (Wildman–Crippen MR) is 90.4 cm³/mol. The Hall–Kier alpha value is -2.33. The molecule has 23 heavy (non-hydrogen) atoms. The van der Waals surface area contributed by atoms with Crippen molar-refractivity contribution in [2.24, 2.45) is 0 Å². The van der Waals surface area contributed by atoms with Gasteiger partial charge in [0.15, 0.2) is 6.61 Å². The Balaban J connectivity index is 1.95. The van der Waals surface area contributed by atoms with Gasteiger partial charge in [0.05, 0.1) is 6.04 Å². The molecule has 1 amide bonds. The van der Waals surface area contributed by atoms with E-state index in [1.54, 1.807) is 0 Å². The van der Waals surface area contributed by atoms with E-state index in [1.165, 1.54) is 0 Å². The van der Waals surface area contributed by atoms with Crippen molar-refractivity contribution in [1.82, 2.24) is 5.32 Å². The first-order valence-corrected chi connectivity index (χ1v) is 7.75. The van der Waals surface area contributed by atoms with E-state index in [-0.39, 0.29) is 25.2 Å². The number of aliphatic hydroxyl groups is 1. The highest BCUT2D eigenvalue weighted by molar-refractivity contribution is 5.78. The van der Waals surface area contributed by atoms with Crippen LogP contribution in [0.5, 0.6) is 5.75 Å². The molecule has 0 fully saturated rings. The van der Waals surface area contributed by atoms with E-state index in [1.807, 2.05) is 62.4 Å². The van der Waals surface area contributed by atoms with Gasteiger partial charge >= 0.3 is 0 Å². The quantitative estimate of drug-likeness (QED) is 0.826. The number of amides is 1. The molecule has 0 aliphatic carbocycles. The molecule has 2 rings (SSSR count). The first kappa shape index (κ1) is 17.0. The molecule has 0 aliphatic heterocycles. The molecule has 0 radical (unpaired) electrons. The maximum Gasteiger partial charge on any atom is 0.258 e. The first-order chi connectivity index (χ1) is 11.1. The number of aliphatic hydroxyl groups excluding tert-OH is 1. The van der Waals surface area contributed by atoms with Crippen molar-refractivity contribution in [2.75, 3.05) is 13.2 Å². The lowest BCUT2D eigenvalue weighted by Crippen LogP contribution is -2.33. The summed E-state index contributed by atoms with van der Waals surface area (Å²) in [6, 6.07) is 15.3. The zero-order chi connectivity index (χ0) is 16.7. The van der Waals surface area contributed by atoms with Gasteiger partial charge in [-0.05, 0) is 43.0 Å². The van der Waals surface area contributed by atoms with Crippen LogP contribution < -0.4 is 10.1 Å². The van der Waals surface area contributed by atoms with Gasteiger partial charge in [-0.15, -0.1) is 0 Å². The summed E-state index contributed by atoms with van der Waals surface area (Å²) in [7, 11) is 0. The Morgan fingerprint density at radius 3 is 2.61 bits per heavy atom. The summed E-state index contributed by atoms with van der Waals surface area (Å²) in [5.74, 6) is 0.520. The van der Waals surface area contributed by atoms with E-state index in [0.29, 0.717) is 6.42 Å². The Labute approximate surface area is 137 Å². The van der Waals surface area contributed by atoms with Crippen LogP contribution in [0, 0.1) is 13.8 Å². The lowest BCUT2D eigenvalue weighted by molar-refractivity contribution is -0.124. The monoisotopic (exact) mass is 313 g/mol. The highest BCUT2D eigenvalue weighted by Gasteiger charge is 2.14. The highest BCUT2D eigenvalue weighted by atomic mass is 16.5. The van der Waals surface area contributed by atoms with Gasteiger partial charge in [0.25, 0.3) is 5.91 Å². The second-order valence-electron chi connectivity index (χ2n) is 5.60. The van der Waals surface area contributed by atoms with Crippen LogP contribution >= 0.6 is 0 Å². The number of hydrogen-bond acceptors (Lipinski definition) is 3. The van der Waals surface area contributed by atoms with Gasteiger partial charge in [0.1, 0.15) is 5.75 Å². The number of carbonyl (C=O) groups excluding carboxylic acids is 1. The molecule has 4 heteroatoms. The molecule has 2 N–H and O–H groups in total. The third-order valence-corrected chi connectivity index (χ3v) is 3.66. The zero-order valence-corrected chi connectivity index (χ0v) is 13.6. The van der Waals surface area contributed by atoms with E-state index in [4.69, 9.17) is 4.74 Å². The molecule has 122 valence electrons. The summed E-state index contributed by atoms with van der Waals surface area (Å²) in [6.45, 7) is 3.90. The molecule has 0 bridgehead atoms. The Bertz CT molecular complexity index is 640. The summed E-state index contributed by atoms with van der Waals surface area (Å²) in [5, 5.41) is 12.1. The molecule has 4 nitrogen and oxygen atoms in total. The third kappa shape index (κ3) is 5.11. The maximum atomic E-state index is 12.2. The number of ether oxygens (including phenoxy) is 1. The first-order valence-electron chi connectivity index (χ1n) is 7.75. The molecule has 1 atom stereocenters. The van der Waals surface area contributed by atoms with Gasteiger partial charge in [-0.1, -0.05) is 42.5 Å². The van der Waals surface area contributed by atoms with Gasteiger partial charge in [-0.3, -0.25) is 4.79 Å². The normalized spacial score (nSPS) is 11.8. The van der Waals surface area contributed by atoms with Crippen molar-refractivity contribution in [3.8, 4) is 5.75 Å². The van der Waals surface area contributed by atoms with Crippen LogP contribution in [0.2, 0.25) is 0 Å². The lowest BCUT2D eigenvalue weighted by Gasteiger charge is -2.18. The second-order valence-corrected chi connectivity index (χ2v) is 5.60. The fourth-order valence-corrected chi connectivity index (χ4v) is 2.38. The summed E-state index contributed by atoms with van der Waals surface area (Å²) in [4.78, 5) is 12.2. The molecule has 0 aliphatic rings. The molecule has 2 aromatic carbocycles. The number of benzene rings is 2. The van der Waals surface area contributed by atoms with Crippen molar-refractivity contribution < 1.29 is 14.6 Å². The zero-order valence-electron chi connectivity index (χ0n) is 13.6. The predicted octanol–water partition coefficient (Wildman–Crippen LogP) is 2.92. The molecule has 1 unspecified atom stereocenters. The summed E-state index contributed by atoms with van der Waals surface area (Å²) in [6.07, 6.45) is 0.471. The Morgan fingerprint density at radius 2 is 1.91 bits per heavy atom. The van der Waals surface area contributed by atoms with Crippen LogP contribution in [-0.4, -0.2) is 24.2 Å². The van der Waals surface area contributed by atoms with E-state index < -0.39 is 0 Å². The van der Waals surface area contributed by atoms with Crippen LogP contribution in [0.25, 0.3) is 0 Å². The van der Waals surface area contributed by atoms with Crippen LogP contribution in [-0.2, 0) is 4.79 Å². The molecule has 0 saturated heterocycles. The van der Waals surface area contributed by atoms with Gasteiger partial charge in [0, 0.05) is 6.61 Å². The number of rotatable bonds is 7. The number of nitrogens with one attached hydrogen (secondary N) is 1. The largest absolute Gasteiger partial charge is 0.483 e. The fourth-order valence-electron chi connectivity index (χ4n) is 2.38. The average molecular weight is 313 g/mol. The molecule has 0 aromatic heterocycles. The number of carbonyl (C=O) groups is 1. The van der Waals surface area contributed by atoms with Gasteiger partial charge in [-0.2, -0.15) is 0 Å². The van der Waals surface area contributed by atoms with E-state index in [0.717, 1.165) is 22.4 Å². The minimum absolute atomic E-state index is 0.0116. The van der Waals surface area contributed by atoms with Crippen molar-refractivity contribution in [1.29, 1.82) is 0 Å². The van der Waals surface area contributed by atoms with E-state index in [9.17, 15) is 9.90 Å². The minimum atomic E-state index is -0.212. The smallest absolute Gasteiger partial charge is 0.258 e. The van der Waals surface area contributed by atoms with Crippen LogP contribution in [0.3, 0.4) is 0 Å². The van der Waals surface area contributed by atoms with E-state index in [2.05, 4.69) is 5.32 Å². The summed E-state index contributed by atoms with van der Waals surface area (Å²) >= 11 is 0. The van der Waals surface area contributed by atoms with Crippen LogP contribution in [0.4, 0.5) is 0 Å². The topological polar surface area (TPSA) is 58.6 Å². The van der Waals surface area contributed by atoms with E-state index >= 15 is 0 Å². The Morgan fingerprint density at radius 1 is 1.17 bits per heavy atom. The SMILES string of the molecule is Cc1ccc(C)c(OCC(=O)NC(CCO)c2ccccc2)c1. The molecular weight excluding hydrogens is 290 g/mol. The molecular formula is C19H23NO3. The summed E-state index contributed by atoms with van der Waals surface area (Å²) in [5.41, 5.74) is 3.06. The van der Waals surface area contributed by atoms with Gasteiger partial charge in [0.2, 0.25) is 0 Å².